The van der Waals surface area contributed by atoms with Gasteiger partial charge in [-0.2, -0.15) is 0 Å². The first kappa shape index (κ1) is 14.5. The Hall–Kier alpha value is -0.610. The minimum atomic E-state index is -0.958. The SMILES string of the molecule is CCOC(=O)C(CC)C1(O)CCCC(OC)C1. The van der Waals surface area contributed by atoms with Gasteiger partial charge in [-0.1, -0.05) is 6.92 Å². The van der Waals surface area contributed by atoms with E-state index in [2.05, 4.69) is 0 Å². The van der Waals surface area contributed by atoms with Crippen molar-refractivity contribution in [2.24, 2.45) is 5.92 Å². The molecular weight excluding hydrogens is 220 g/mol. The van der Waals surface area contributed by atoms with Gasteiger partial charge in [0.05, 0.1) is 24.2 Å². The molecule has 17 heavy (non-hydrogen) atoms. The van der Waals surface area contributed by atoms with E-state index in [0.717, 1.165) is 12.8 Å². The predicted molar refractivity (Wildman–Crippen MR) is 64.6 cm³/mol. The molecule has 0 aromatic heterocycles. The lowest BCUT2D eigenvalue weighted by molar-refractivity contribution is -0.165. The van der Waals surface area contributed by atoms with Crippen molar-refractivity contribution < 1.29 is 19.4 Å². The molecule has 4 nitrogen and oxygen atoms in total. The Morgan fingerprint density at radius 1 is 1.53 bits per heavy atom. The molecule has 0 radical (unpaired) electrons. The van der Waals surface area contributed by atoms with Crippen LogP contribution in [0.4, 0.5) is 0 Å². The van der Waals surface area contributed by atoms with Gasteiger partial charge in [0.15, 0.2) is 0 Å². The number of esters is 1. The van der Waals surface area contributed by atoms with Crippen LogP contribution >= 0.6 is 0 Å². The number of carbonyl (C=O) groups is 1. The Balaban J connectivity index is 2.74. The second kappa shape index (κ2) is 6.36. The van der Waals surface area contributed by atoms with Crippen LogP contribution in [0.15, 0.2) is 0 Å². The number of methoxy groups -OCH3 is 1. The highest BCUT2D eigenvalue weighted by Crippen LogP contribution is 2.37. The van der Waals surface area contributed by atoms with Crippen LogP contribution in [0, 0.1) is 5.92 Å². The van der Waals surface area contributed by atoms with Crippen LogP contribution in [0.25, 0.3) is 0 Å². The summed E-state index contributed by atoms with van der Waals surface area (Å²) in [4.78, 5) is 11.9. The van der Waals surface area contributed by atoms with Crippen molar-refractivity contribution in [2.75, 3.05) is 13.7 Å². The zero-order valence-electron chi connectivity index (χ0n) is 11.1. The summed E-state index contributed by atoms with van der Waals surface area (Å²) in [6, 6.07) is 0. The lowest BCUT2D eigenvalue weighted by atomic mass is 9.73. The van der Waals surface area contributed by atoms with Crippen LogP contribution in [0.5, 0.6) is 0 Å². The van der Waals surface area contributed by atoms with Crippen LogP contribution in [0.2, 0.25) is 0 Å². The first-order valence-corrected chi connectivity index (χ1v) is 6.49. The van der Waals surface area contributed by atoms with Gasteiger partial charge in [-0.15, -0.1) is 0 Å². The lowest BCUT2D eigenvalue weighted by Gasteiger charge is -2.40. The number of rotatable bonds is 5. The summed E-state index contributed by atoms with van der Waals surface area (Å²) in [5.41, 5.74) is -0.958. The van der Waals surface area contributed by atoms with Crippen molar-refractivity contribution in [1.82, 2.24) is 0 Å². The average Bonchev–Trinajstić information content (AvgIpc) is 2.29. The maximum Gasteiger partial charge on any atom is 0.311 e. The average molecular weight is 244 g/mol. The summed E-state index contributed by atoms with van der Waals surface area (Å²) in [7, 11) is 1.65. The normalized spacial score (nSPS) is 30.9. The number of carbonyl (C=O) groups excluding carboxylic acids is 1. The first-order chi connectivity index (χ1) is 8.07. The van der Waals surface area contributed by atoms with Gasteiger partial charge in [-0.05, 0) is 32.6 Å². The molecule has 0 bridgehead atoms. The topological polar surface area (TPSA) is 55.8 Å². The highest BCUT2D eigenvalue weighted by Gasteiger charge is 2.44. The van der Waals surface area contributed by atoms with Crippen molar-refractivity contribution in [1.29, 1.82) is 0 Å². The molecule has 1 N–H and O–H groups in total. The predicted octanol–water partition coefficient (Wildman–Crippen LogP) is 1.90. The molecule has 3 atom stereocenters. The summed E-state index contributed by atoms with van der Waals surface area (Å²) < 4.78 is 10.4. The van der Waals surface area contributed by atoms with Crippen molar-refractivity contribution in [3.05, 3.63) is 0 Å². The van der Waals surface area contributed by atoms with Gasteiger partial charge >= 0.3 is 5.97 Å². The third kappa shape index (κ3) is 3.42. The number of ether oxygens (including phenoxy) is 2. The fraction of sp³-hybridized carbons (Fsp3) is 0.923. The fourth-order valence-corrected chi connectivity index (χ4v) is 2.76. The minimum Gasteiger partial charge on any atom is -0.466 e. The van der Waals surface area contributed by atoms with E-state index in [1.807, 2.05) is 6.92 Å². The lowest BCUT2D eigenvalue weighted by Crippen LogP contribution is -2.48. The Morgan fingerprint density at radius 3 is 2.76 bits per heavy atom. The molecule has 1 saturated carbocycles. The molecule has 0 aromatic rings. The van der Waals surface area contributed by atoms with Crippen LogP contribution in [0.1, 0.15) is 46.0 Å². The minimum absolute atomic E-state index is 0.0530. The van der Waals surface area contributed by atoms with Gasteiger partial charge in [-0.25, -0.2) is 0 Å². The van der Waals surface area contributed by atoms with Crippen LogP contribution in [0.3, 0.4) is 0 Å². The highest BCUT2D eigenvalue weighted by atomic mass is 16.5. The molecule has 1 rings (SSSR count). The van der Waals surface area contributed by atoms with Gasteiger partial charge in [-0.3, -0.25) is 4.79 Å². The first-order valence-electron chi connectivity index (χ1n) is 6.49. The molecular formula is C13H24O4. The summed E-state index contributed by atoms with van der Waals surface area (Å²) in [5.74, 6) is -0.713. The Labute approximate surface area is 103 Å². The third-order valence-corrected chi connectivity index (χ3v) is 3.68. The van der Waals surface area contributed by atoms with Gasteiger partial charge in [0.2, 0.25) is 0 Å². The Bertz CT molecular complexity index is 254. The second-order valence-corrected chi connectivity index (χ2v) is 4.77. The Morgan fingerprint density at radius 2 is 2.24 bits per heavy atom. The monoisotopic (exact) mass is 244 g/mol. The van der Waals surface area contributed by atoms with Crippen LogP contribution < -0.4 is 0 Å². The van der Waals surface area contributed by atoms with Crippen LogP contribution in [-0.2, 0) is 14.3 Å². The zero-order chi connectivity index (χ0) is 12.9. The van der Waals surface area contributed by atoms with E-state index in [1.54, 1.807) is 14.0 Å². The molecule has 0 saturated heterocycles. The number of hydrogen-bond acceptors (Lipinski definition) is 4. The molecule has 0 aromatic carbocycles. The molecule has 1 aliphatic carbocycles. The maximum absolute atomic E-state index is 11.9. The van der Waals surface area contributed by atoms with E-state index in [1.165, 1.54) is 0 Å². The summed E-state index contributed by atoms with van der Waals surface area (Å²) >= 11 is 0. The molecule has 1 aliphatic rings. The Kier molecular flexibility index (Phi) is 5.40. The standard InChI is InChI=1S/C13H24O4/c1-4-11(12(14)17-5-2)13(15)8-6-7-10(9-13)16-3/h10-11,15H,4-9H2,1-3H3. The van der Waals surface area contributed by atoms with Gasteiger partial charge in [0.25, 0.3) is 0 Å². The summed E-state index contributed by atoms with van der Waals surface area (Å²) in [6.07, 6.45) is 3.69. The number of hydrogen-bond donors (Lipinski definition) is 1. The molecule has 0 aliphatic heterocycles. The van der Waals surface area contributed by atoms with Crippen molar-refractivity contribution in [3.8, 4) is 0 Å². The van der Waals surface area contributed by atoms with Crippen LogP contribution in [-0.4, -0.2) is 36.5 Å². The van der Waals surface area contributed by atoms with E-state index in [9.17, 15) is 9.90 Å². The number of aliphatic hydroxyl groups is 1. The van der Waals surface area contributed by atoms with Crippen molar-refractivity contribution in [3.63, 3.8) is 0 Å². The van der Waals surface area contributed by atoms with Crippen molar-refractivity contribution >= 4 is 5.97 Å². The quantitative estimate of drug-likeness (QED) is 0.750. The molecule has 1 fully saturated rings. The highest BCUT2D eigenvalue weighted by molar-refractivity contribution is 5.73. The van der Waals surface area contributed by atoms with Crippen molar-refractivity contribution in [2.45, 2.75) is 57.7 Å². The smallest absolute Gasteiger partial charge is 0.311 e. The third-order valence-electron chi connectivity index (χ3n) is 3.68. The zero-order valence-corrected chi connectivity index (χ0v) is 11.1. The largest absolute Gasteiger partial charge is 0.466 e. The van der Waals surface area contributed by atoms with E-state index >= 15 is 0 Å². The molecule has 100 valence electrons. The molecule has 4 heteroatoms. The van der Waals surface area contributed by atoms with Gasteiger partial charge < -0.3 is 14.6 Å². The van der Waals surface area contributed by atoms with Gasteiger partial charge in [0.1, 0.15) is 0 Å². The molecule has 0 spiro atoms. The maximum atomic E-state index is 11.9. The second-order valence-electron chi connectivity index (χ2n) is 4.77. The summed E-state index contributed by atoms with van der Waals surface area (Å²) in [5, 5.41) is 10.6. The molecule has 3 unspecified atom stereocenters. The molecule has 0 heterocycles. The summed E-state index contributed by atoms with van der Waals surface area (Å²) in [6.45, 7) is 4.06. The van der Waals surface area contributed by atoms with E-state index < -0.39 is 11.5 Å². The van der Waals surface area contributed by atoms with E-state index in [4.69, 9.17) is 9.47 Å². The van der Waals surface area contributed by atoms with Gasteiger partial charge in [0, 0.05) is 13.5 Å². The molecule has 0 amide bonds. The fourth-order valence-electron chi connectivity index (χ4n) is 2.76. The van der Waals surface area contributed by atoms with E-state index in [-0.39, 0.29) is 12.1 Å². The van der Waals surface area contributed by atoms with E-state index in [0.29, 0.717) is 25.9 Å².